The highest BCUT2D eigenvalue weighted by Gasteiger charge is 2.04. The van der Waals surface area contributed by atoms with Crippen LogP contribution < -0.4 is 5.73 Å². The molecule has 0 spiro atoms. The van der Waals surface area contributed by atoms with E-state index in [9.17, 15) is 0 Å². The van der Waals surface area contributed by atoms with E-state index in [-0.39, 0.29) is 0 Å². The van der Waals surface area contributed by atoms with Crippen LogP contribution >= 0.6 is 0 Å². The summed E-state index contributed by atoms with van der Waals surface area (Å²) in [5.41, 5.74) is 12.4. The summed E-state index contributed by atoms with van der Waals surface area (Å²) in [6.07, 6.45) is 8.18. The summed E-state index contributed by atoms with van der Waals surface area (Å²) >= 11 is 0. The summed E-state index contributed by atoms with van der Waals surface area (Å²) < 4.78 is 0. The van der Waals surface area contributed by atoms with Gasteiger partial charge in [-0.3, -0.25) is 0 Å². The Labute approximate surface area is 182 Å². The molecule has 0 fully saturated rings. The molecule has 0 atom stereocenters. The highest BCUT2D eigenvalue weighted by atomic mass is 15.1. The second-order valence-electron chi connectivity index (χ2n) is 7.03. The van der Waals surface area contributed by atoms with Crippen molar-refractivity contribution >= 4 is 41.4 Å². The predicted octanol–water partition coefficient (Wildman–Crippen LogP) is 8.03. The number of hydrogen-bond acceptors (Lipinski definition) is 3. The van der Waals surface area contributed by atoms with E-state index in [1.54, 1.807) is 0 Å². The van der Waals surface area contributed by atoms with Gasteiger partial charge in [0.1, 0.15) is 5.69 Å². The van der Waals surface area contributed by atoms with Crippen LogP contribution in [0.5, 0.6) is 0 Å². The van der Waals surface area contributed by atoms with Crippen LogP contribution in [0.25, 0.3) is 24.3 Å². The maximum atomic E-state index is 6.23. The zero-order valence-corrected chi connectivity index (χ0v) is 17.1. The van der Waals surface area contributed by atoms with Crippen LogP contribution in [0.4, 0.5) is 17.1 Å². The third kappa shape index (κ3) is 5.43. The van der Waals surface area contributed by atoms with Crippen molar-refractivity contribution in [3.8, 4) is 0 Å². The molecule has 0 saturated carbocycles. The lowest BCUT2D eigenvalue weighted by Crippen LogP contribution is -1.87. The lowest BCUT2D eigenvalue weighted by Gasteiger charge is -2.05. The summed E-state index contributed by atoms with van der Waals surface area (Å²) in [4.78, 5) is 0. The minimum atomic E-state index is 0.594. The molecule has 0 aliphatic heterocycles. The second kappa shape index (κ2) is 9.99. The van der Waals surface area contributed by atoms with Gasteiger partial charge in [-0.2, -0.15) is 0 Å². The number of benzene rings is 4. The van der Waals surface area contributed by atoms with Crippen LogP contribution in [0.3, 0.4) is 0 Å². The van der Waals surface area contributed by atoms with Crippen LogP contribution in [-0.4, -0.2) is 0 Å². The molecule has 0 radical (unpaired) electrons. The number of rotatable bonds is 6. The number of azo groups is 1. The fourth-order valence-electron chi connectivity index (χ4n) is 3.15. The molecule has 0 aliphatic rings. The SMILES string of the molecule is Nc1cccc(C=Cc2ccccc2)c1N=Nc1ccccc1C=Cc1ccccc1. The molecule has 2 N–H and O–H groups in total. The Kier molecular flexibility index (Phi) is 6.46. The molecule has 4 rings (SSSR count). The van der Waals surface area contributed by atoms with Crippen LogP contribution in [0.1, 0.15) is 22.3 Å². The number of nitrogen functional groups attached to an aromatic ring is 1. The maximum absolute atomic E-state index is 6.23. The first-order valence-corrected chi connectivity index (χ1v) is 10.1. The zero-order valence-electron chi connectivity index (χ0n) is 17.1. The van der Waals surface area contributed by atoms with Crippen molar-refractivity contribution in [2.45, 2.75) is 0 Å². The summed E-state index contributed by atoms with van der Waals surface area (Å²) in [5.74, 6) is 0. The van der Waals surface area contributed by atoms with Gasteiger partial charge in [0.2, 0.25) is 0 Å². The summed E-state index contributed by atoms with van der Waals surface area (Å²) in [6.45, 7) is 0. The molecule has 31 heavy (non-hydrogen) atoms. The average Bonchev–Trinajstić information content (AvgIpc) is 2.83. The third-order valence-electron chi connectivity index (χ3n) is 4.80. The van der Waals surface area contributed by atoms with Crippen LogP contribution in [-0.2, 0) is 0 Å². The van der Waals surface area contributed by atoms with Crippen LogP contribution in [0.15, 0.2) is 113 Å². The van der Waals surface area contributed by atoms with Crippen molar-refractivity contribution < 1.29 is 0 Å². The Morgan fingerprint density at radius 3 is 1.71 bits per heavy atom. The highest BCUT2D eigenvalue weighted by molar-refractivity contribution is 5.81. The van der Waals surface area contributed by atoms with Crippen LogP contribution in [0, 0.1) is 0 Å². The Morgan fingerprint density at radius 1 is 0.484 bits per heavy atom. The molecular formula is C28H23N3. The number of anilines is 1. The average molecular weight is 402 g/mol. The molecular weight excluding hydrogens is 378 g/mol. The van der Waals surface area contributed by atoms with Gasteiger partial charge in [0.25, 0.3) is 0 Å². The van der Waals surface area contributed by atoms with Crippen LogP contribution in [0.2, 0.25) is 0 Å². The van der Waals surface area contributed by atoms with Gasteiger partial charge < -0.3 is 5.73 Å². The van der Waals surface area contributed by atoms with Crippen molar-refractivity contribution in [3.05, 3.63) is 125 Å². The molecule has 0 aromatic heterocycles. The van der Waals surface area contributed by atoms with Crippen molar-refractivity contribution in [3.63, 3.8) is 0 Å². The predicted molar refractivity (Wildman–Crippen MR) is 132 cm³/mol. The topological polar surface area (TPSA) is 50.7 Å². The van der Waals surface area contributed by atoms with Crippen molar-refractivity contribution in [1.82, 2.24) is 0 Å². The van der Waals surface area contributed by atoms with E-state index < -0.39 is 0 Å². The van der Waals surface area contributed by atoms with Gasteiger partial charge in [-0.25, -0.2) is 0 Å². The van der Waals surface area contributed by atoms with Crippen molar-refractivity contribution in [2.24, 2.45) is 10.2 Å². The molecule has 3 nitrogen and oxygen atoms in total. The quantitative estimate of drug-likeness (QED) is 0.198. The largest absolute Gasteiger partial charge is 0.397 e. The van der Waals surface area contributed by atoms with Gasteiger partial charge in [-0.05, 0) is 23.3 Å². The summed E-state index contributed by atoms with van der Waals surface area (Å²) in [6, 6.07) is 34.0. The highest BCUT2D eigenvalue weighted by Crippen LogP contribution is 2.31. The summed E-state index contributed by atoms with van der Waals surface area (Å²) in [5, 5.41) is 9.04. The fourth-order valence-corrected chi connectivity index (χ4v) is 3.15. The van der Waals surface area contributed by atoms with Gasteiger partial charge >= 0.3 is 0 Å². The smallest absolute Gasteiger partial charge is 0.116 e. The first-order valence-electron chi connectivity index (χ1n) is 10.1. The molecule has 4 aromatic rings. The Morgan fingerprint density at radius 2 is 1.03 bits per heavy atom. The van der Waals surface area contributed by atoms with E-state index in [2.05, 4.69) is 40.6 Å². The monoisotopic (exact) mass is 401 g/mol. The minimum Gasteiger partial charge on any atom is -0.397 e. The molecule has 4 aromatic carbocycles. The van der Waals surface area contributed by atoms with E-state index in [0.29, 0.717) is 11.4 Å². The first-order chi connectivity index (χ1) is 15.3. The molecule has 3 heteroatoms. The van der Waals surface area contributed by atoms with Crippen molar-refractivity contribution in [1.29, 1.82) is 0 Å². The van der Waals surface area contributed by atoms with E-state index in [4.69, 9.17) is 5.73 Å². The zero-order chi connectivity index (χ0) is 21.3. The maximum Gasteiger partial charge on any atom is 0.116 e. The lowest BCUT2D eigenvalue weighted by atomic mass is 10.1. The standard InChI is InChI=1S/C28H23N3/c29-26-16-9-15-25(21-19-23-12-5-2-6-13-23)28(26)31-30-27-17-8-7-14-24(27)20-18-22-10-3-1-4-11-22/h1-21H,29H2. The normalized spacial score (nSPS) is 11.6. The molecule has 0 bridgehead atoms. The van der Waals surface area contributed by atoms with Crippen molar-refractivity contribution in [2.75, 3.05) is 5.73 Å². The Hall–Kier alpha value is -4.24. The summed E-state index contributed by atoms with van der Waals surface area (Å²) in [7, 11) is 0. The lowest BCUT2D eigenvalue weighted by molar-refractivity contribution is 1.22. The van der Waals surface area contributed by atoms with Gasteiger partial charge in [0, 0.05) is 11.1 Å². The molecule has 150 valence electrons. The van der Waals surface area contributed by atoms with Gasteiger partial charge in [-0.1, -0.05) is 115 Å². The Balaban J connectivity index is 1.62. The Bertz CT molecular complexity index is 1220. The molecule has 0 amide bonds. The van der Waals surface area contributed by atoms with E-state index >= 15 is 0 Å². The van der Waals surface area contributed by atoms with E-state index in [1.165, 1.54) is 0 Å². The fraction of sp³-hybridized carbons (Fsp3) is 0. The second-order valence-corrected chi connectivity index (χ2v) is 7.03. The molecule has 0 aliphatic carbocycles. The molecule has 0 saturated heterocycles. The minimum absolute atomic E-state index is 0.594. The van der Waals surface area contributed by atoms with E-state index in [1.807, 2.05) is 97.1 Å². The van der Waals surface area contributed by atoms with Gasteiger partial charge in [0.05, 0.1) is 11.4 Å². The molecule has 0 unspecified atom stereocenters. The van der Waals surface area contributed by atoms with Gasteiger partial charge in [-0.15, -0.1) is 10.2 Å². The molecule has 0 heterocycles. The number of nitrogens with two attached hydrogens (primary N) is 1. The van der Waals surface area contributed by atoms with E-state index in [0.717, 1.165) is 27.9 Å². The number of hydrogen-bond donors (Lipinski definition) is 1. The third-order valence-corrected chi connectivity index (χ3v) is 4.80. The first kappa shape index (κ1) is 20.0. The number of nitrogens with zero attached hydrogens (tertiary/aromatic N) is 2. The van der Waals surface area contributed by atoms with Gasteiger partial charge in [0.15, 0.2) is 0 Å².